The normalized spacial score (nSPS) is 10.0. The Labute approximate surface area is 119 Å². The van der Waals surface area contributed by atoms with Crippen LogP contribution in [0.1, 0.15) is 17.4 Å². The van der Waals surface area contributed by atoms with E-state index in [-0.39, 0.29) is 18.0 Å². The maximum Gasteiger partial charge on any atom is 0.426 e. The second-order valence-corrected chi connectivity index (χ2v) is 3.90. The number of para-hydroxylation sites is 1. The van der Waals surface area contributed by atoms with Gasteiger partial charge in [-0.05, 0) is 25.1 Å². The zero-order valence-corrected chi connectivity index (χ0v) is 11.2. The van der Waals surface area contributed by atoms with Crippen molar-refractivity contribution in [1.29, 1.82) is 0 Å². The fourth-order valence-electron chi connectivity index (χ4n) is 1.56. The number of carbonyl (C=O) groups excluding carboxylic acids is 2. The van der Waals surface area contributed by atoms with Crippen molar-refractivity contribution in [3.8, 4) is 5.69 Å². The molecule has 0 unspecified atom stereocenters. The summed E-state index contributed by atoms with van der Waals surface area (Å²) >= 11 is 0. The van der Waals surface area contributed by atoms with Crippen molar-refractivity contribution in [3.05, 3.63) is 48.0 Å². The van der Waals surface area contributed by atoms with Gasteiger partial charge in [0.1, 0.15) is 11.5 Å². The van der Waals surface area contributed by atoms with E-state index in [4.69, 9.17) is 0 Å². The summed E-state index contributed by atoms with van der Waals surface area (Å²) in [5, 5.41) is 3.94. The number of benzene rings is 1. The van der Waals surface area contributed by atoms with E-state index in [9.17, 15) is 14.0 Å². The molecule has 0 saturated carbocycles. The molecule has 2 aromatic rings. The van der Waals surface area contributed by atoms with Crippen LogP contribution >= 0.6 is 0 Å². The maximum atomic E-state index is 13.6. The van der Waals surface area contributed by atoms with Crippen LogP contribution in [-0.4, -0.2) is 28.4 Å². The summed E-state index contributed by atoms with van der Waals surface area (Å²) in [7, 11) is 0. The lowest BCUT2D eigenvalue weighted by atomic mass is 10.3. The lowest BCUT2D eigenvalue weighted by Crippen LogP contribution is -2.42. The highest BCUT2D eigenvalue weighted by Gasteiger charge is 2.12. The van der Waals surface area contributed by atoms with Crippen molar-refractivity contribution in [1.82, 2.24) is 20.6 Å². The molecule has 21 heavy (non-hydrogen) atoms. The predicted molar refractivity (Wildman–Crippen MR) is 71.1 cm³/mol. The number of halogens is 1. The molecule has 2 rings (SSSR count). The quantitative estimate of drug-likeness (QED) is 0.837. The molecule has 0 saturated heterocycles. The highest BCUT2D eigenvalue weighted by molar-refractivity contribution is 5.93. The lowest BCUT2D eigenvalue weighted by molar-refractivity contribution is 0.0907. The number of hydrogen-bond acceptors (Lipinski definition) is 4. The summed E-state index contributed by atoms with van der Waals surface area (Å²) in [6.45, 7) is 1.82. The number of ether oxygens (including phenoxy) is 1. The molecule has 8 heteroatoms. The Kier molecular flexibility index (Phi) is 4.50. The third kappa shape index (κ3) is 3.56. The Bertz CT molecular complexity index is 656. The van der Waals surface area contributed by atoms with Crippen LogP contribution in [0.4, 0.5) is 9.18 Å². The summed E-state index contributed by atoms with van der Waals surface area (Å²) < 4.78 is 19.4. The van der Waals surface area contributed by atoms with E-state index in [1.807, 2.05) is 0 Å². The topological polar surface area (TPSA) is 85.3 Å². The largest absolute Gasteiger partial charge is 0.449 e. The highest BCUT2D eigenvalue weighted by atomic mass is 19.1. The monoisotopic (exact) mass is 292 g/mol. The van der Waals surface area contributed by atoms with Crippen LogP contribution in [0.25, 0.3) is 5.69 Å². The Morgan fingerprint density at radius 3 is 2.76 bits per heavy atom. The van der Waals surface area contributed by atoms with Gasteiger partial charge in [0.05, 0.1) is 6.61 Å². The highest BCUT2D eigenvalue weighted by Crippen LogP contribution is 2.11. The molecular formula is C13H13FN4O3. The summed E-state index contributed by atoms with van der Waals surface area (Å²) in [5.41, 5.74) is 4.43. The first-order chi connectivity index (χ1) is 10.1. The second-order valence-electron chi connectivity index (χ2n) is 3.90. The molecule has 0 aliphatic heterocycles. The molecule has 1 aromatic carbocycles. The van der Waals surface area contributed by atoms with E-state index in [0.717, 1.165) is 0 Å². The number of carbonyl (C=O) groups is 2. The van der Waals surface area contributed by atoms with Crippen LogP contribution in [0.5, 0.6) is 0 Å². The molecule has 1 heterocycles. The van der Waals surface area contributed by atoms with Gasteiger partial charge in [-0.25, -0.2) is 19.3 Å². The molecule has 0 spiro atoms. The summed E-state index contributed by atoms with van der Waals surface area (Å²) in [6, 6.07) is 7.43. The predicted octanol–water partition coefficient (Wildman–Crippen LogP) is 1.40. The summed E-state index contributed by atoms with van der Waals surface area (Å²) in [4.78, 5) is 22.8. The SMILES string of the molecule is CCOC(=O)NNC(=O)c1ccn(-c2ccccc2F)n1. The van der Waals surface area contributed by atoms with E-state index >= 15 is 0 Å². The lowest BCUT2D eigenvalue weighted by Gasteiger charge is -2.05. The third-order valence-electron chi connectivity index (χ3n) is 2.47. The van der Waals surface area contributed by atoms with Crippen LogP contribution in [0.3, 0.4) is 0 Å². The Morgan fingerprint density at radius 1 is 1.29 bits per heavy atom. The van der Waals surface area contributed by atoms with E-state index in [0.29, 0.717) is 0 Å². The van der Waals surface area contributed by atoms with E-state index < -0.39 is 17.8 Å². The molecular weight excluding hydrogens is 279 g/mol. The van der Waals surface area contributed by atoms with E-state index in [2.05, 4.69) is 20.7 Å². The van der Waals surface area contributed by atoms with Crippen molar-refractivity contribution in [2.75, 3.05) is 6.61 Å². The van der Waals surface area contributed by atoms with Crippen molar-refractivity contribution < 1.29 is 18.7 Å². The second kappa shape index (κ2) is 6.51. The van der Waals surface area contributed by atoms with Gasteiger partial charge in [0.25, 0.3) is 5.91 Å². The molecule has 0 aliphatic rings. The van der Waals surface area contributed by atoms with Crippen molar-refractivity contribution >= 4 is 12.0 Å². The Balaban J connectivity index is 2.05. The van der Waals surface area contributed by atoms with Crippen LogP contribution in [-0.2, 0) is 4.74 Å². The van der Waals surface area contributed by atoms with Gasteiger partial charge in [-0.2, -0.15) is 5.10 Å². The molecule has 0 fully saturated rings. The molecule has 0 radical (unpaired) electrons. The fraction of sp³-hybridized carbons (Fsp3) is 0.154. The van der Waals surface area contributed by atoms with Crippen LogP contribution in [0.15, 0.2) is 36.5 Å². The van der Waals surface area contributed by atoms with Gasteiger partial charge in [-0.15, -0.1) is 0 Å². The zero-order valence-electron chi connectivity index (χ0n) is 11.2. The average Bonchev–Trinajstić information content (AvgIpc) is 2.95. The van der Waals surface area contributed by atoms with Gasteiger partial charge in [0.2, 0.25) is 0 Å². The molecule has 7 nitrogen and oxygen atoms in total. The van der Waals surface area contributed by atoms with Crippen molar-refractivity contribution in [2.24, 2.45) is 0 Å². The molecule has 0 aliphatic carbocycles. The number of amides is 2. The number of nitrogens with zero attached hydrogens (tertiary/aromatic N) is 2. The number of rotatable bonds is 3. The van der Waals surface area contributed by atoms with Gasteiger partial charge in [0, 0.05) is 6.20 Å². The standard InChI is InChI=1S/C13H13FN4O3/c1-2-21-13(20)16-15-12(19)10-7-8-18(17-10)11-6-4-3-5-9(11)14/h3-8H,2H2,1H3,(H,15,19)(H,16,20). The van der Waals surface area contributed by atoms with E-state index in [1.54, 1.807) is 19.1 Å². The molecule has 0 atom stereocenters. The number of hydrogen-bond donors (Lipinski definition) is 2. The third-order valence-corrected chi connectivity index (χ3v) is 2.47. The number of nitrogens with one attached hydrogen (secondary N) is 2. The van der Waals surface area contributed by atoms with Gasteiger partial charge >= 0.3 is 6.09 Å². The van der Waals surface area contributed by atoms with Gasteiger partial charge in [-0.3, -0.25) is 10.2 Å². The molecule has 2 amide bonds. The van der Waals surface area contributed by atoms with Crippen LogP contribution in [0.2, 0.25) is 0 Å². The van der Waals surface area contributed by atoms with Crippen molar-refractivity contribution in [3.63, 3.8) is 0 Å². The minimum Gasteiger partial charge on any atom is -0.449 e. The fourth-order valence-corrected chi connectivity index (χ4v) is 1.56. The zero-order chi connectivity index (χ0) is 15.2. The Morgan fingerprint density at radius 2 is 2.05 bits per heavy atom. The molecule has 0 bridgehead atoms. The first-order valence-electron chi connectivity index (χ1n) is 6.15. The first-order valence-corrected chi connectivity index (χ1v) is 6.15. The van der Waals surface area contributed by atoms with E-state index in [1.165, 1.54) is 29.1 Å². The van der Waals surface area contributed by atoms with Crippen molar-refractivity contribution in [2.45, 2.75) is 6.92 Å². The van der Waals surface area contributed by atoms with Gasteiger partial charge in [0.15, 0.2) is 5.69 Å². The number of hydrazine groups is 1. The van der Waals surface area contributed by atoms with Crippen LogP contribution in [0, 0.1) is 5.82 Å². The minimum atomic E-state index is -0.778. The maximum absolute atomic E-state index is 13.6. The molecule has 1 aromatic heterocycles. The molecule has 110 valence electrons. The van der Waals surface area contributed by atoms with Gasteiger partial charge in [-0.1, -0.05) is 12.1 Å². The molecule has 2 N–H and O–H groups in total. The first kappa shape index (κ1) is 14.5. The number of aromatic nitrogens is 2. The van der Waals surface area contributed by atoms with Gasteiger partial charge < -0.3 is 4.74 Å². The Hall–Kier alpha value is -2.90. The smallest absolute Gasteiger partial charge is 0.426 e. The summed E-state index contributed by atoms with van der Waals surface area (Å²) in [6.07, 6.45) is 0.664. The average molecular weight is 292 g/mol. The van der Waals surface area contributed by atoms with Crippen LogP contribution < -0.4 is 10.9 Å². The minimum absolute atomic E-state index is 0.0232. The summed E-state index contributed by atoms with van der Waals surface area (Å²) in [5.74, 6) is -1.10.